The van der Waals surface area contributed by atoms with Crippen LogP contribution in [0.3, 0.4) is 0 Å². The number of unbranched alkanes of at least 4 members (excludes halogenated alkanes) is 2. The third kappa shape index (κ3) is 9.35. The van der Waals surface area contributed by atoms with Crippen LogP contribution >= 0.6 is 0 Å². The Morgan fingerprint density at radius 2 is 1.93 bits per heavy atom. The molecular formula is C9H15F3O2. The van der Waals surface area contributed by atoms with Crippen molar-refractivity contribution < 1.29 is 22.7 Å². The highest BCUT2D eigenvalue weighted by Gasteiger charge is 2.27. The summed E-state index contributed by atoms with van der Waals surface area (Å²) in [6.07, 6.45) is -2.55. The predicted molar refractivity (Wildman–Crippen MR) is 45.8 cm³/mol. The second-order valence-corrected chi connectivity index (χ2v) is 3.04. The second kappa shape index (κ2) is 6.68. The first-order valence-electron chi connectivity index (χ1n) is 4.68. The maximum atomic E-state index is 11.6. The van der Waals surface area contributed by atoms with Crippen molar-refractivity contribution in [1.82, 2.24) is 0 Å². The summed E-state index contributed by atoms with van der Waals surface area (Å²) in [5.74, 6) is -0.539. The molecule has 0 aromatic heterocycles. The van der Waals surface area contributed by atoms with Gasteiger partial charge in [-0.1, -0.05) is 19.8 Å². The van der Waals surface area contributed by atoms with E-state index >= 15 is 0 Å². The van der Waals surface area contributed by atoms with Gasteiger partial charge in [0.1, 0.15) is 0 Å². The first-order valence-corrected chi connectivity index (χ1v) is 4.68. The summed E-state index contributed by atoms with van der Waals surface area (Å²) in [7, 11) is 0. The van der Waals surface area contributed by atoms with Crippen LogP contribution in [-0.4, -0.2) is 18.8 Å². The van der Waals surface area contributed by atoms with E-state index in [9.17, 15) is 18.0 Å². The molecule has 0 fully saturated rings. The summed E-state index contributed by atoms with van der Waals surface area (Å²) in [5.41, 5.74) is 0. The van der Waals surface area contributed by atoms with Crippen LogP contribution in [0.2, 0.25) is 0 Å². The molecule has 0 radical (unpaired) electrons. The summed E-state index contributed by atoms with van der Waals surface area (Å²) in [6.45, 7) is 1.42. The van der Waals surface area contributed by atoms with Crippen LogP contribution < -0.4 is 0 Å². The number of alkyl halides is 3. The van der Waals surface area contributed by atoms with Gasteiger partial charge in [0.05, 0.1) is 13.0 Å². The van der Waals surface area contributed by atoms with Gasteiger partial charge < -0.3 is 4.74 Å². The van der Waals surface area contributed by atoms with Crippen molar-refractivity contribution >= 4 is 5.97 Å². The zero-order valence-corrected chi connectivity index (χ0v) is 8.19. The molecule has 0 rings (SSSR count). The highest BCUT2D eigenvalue weighted by molar-refractivity contribution is 5.69. The minimum Gasteiger partial charge on any atom is -0.465 e. The Hall–Kier alpha value is -0.740. The maximum Gasteiger partial charge on any atom is 0.392 e. The van der Waals surface area contributed by atoms with Crippen LogP contribution in [0.1, 0.15) is 39.0 Å². The Morgan fingerprint density at radius 3 is 2.43 bits per heavy atom. The van der Waals surface area contributed by atoms with Crippen molar-refractivity contribution in [3.8, 4) is 0 Å². The summed E-state index contributed by atoms with van der Waals surface area (Å²) in [4.78, 5) is 10.8. The van der Waals surface area contributed by atoms with Crippen molar-refractivity contribution in [2.24, 2.45) is 0 Å². The molecule has 0 bridgehead atoms. The topological polar surface area (TPSA) is 26.3 Å². The molecule has 0 N–H and O–H groups in total. The van der Waals surface area contributed by atoms with Crippen LogP contribution in [0.25, 0.3) is 0 Å². The SMILES string of the molecule is CCCCCC(=O)OCCC(F)(F)F. The van der Waals surface area contributed by atoms with E-state index in [1.165, 1.54) is 0 Å². The molecule has 14 heavy (non-hydrogen) atoms. The van der Waals surface area contributed by atoms with Gasteiger partial charge in [0, 0.05) is 6.42 Å². The van der Waals surface area contributed by atoms with E-state index in [2.05, 4.69) is 4.74 Å². The van der Waals surface area contributed by atoms with E-state index in [1.807, 2.05) is 6.92 Å². The van der Waals surface area contributed by atoms with Gasteiger partial charge in [-0.2, -0.15) is 13.2 Å². The van der Waals surface area contributed by atoms with Gasteiger partial charge in [0.15, 0.2) is 0 Å². The zero-order chi connectivity index (χ0) is 11.0. The van der Waals surface area contributed by atoms with Gasteiger partial charge in [-0.15, -0.1) is 0 Å². The molecule has 0 atom stereocenters. The number of ether oxygens (including phenoxy) is 1. The van der Waals surface area contributed by atoms with E-state index in [4.69, 9.17) is 0 Å². The molecule has 0 aliphatic heterocycles. The quantitative estimate of drug-likeness (QED) is 0.499. The standard InChI is InChI=1S/C9H15F3O2/c1-2-3-4-5-8(13)14-7-6-9(10,11)12/h2-7H2,1H3. The average Bonchev–Trinajstić information content (AvgIpc) is 2.02. The monoisotopic (exact) mass is 212 g/mol. The van der Waals surface area contributed by atoms with Gasteiger partial charge in [-0.25, -0.2) is 0 Å². The third-order valence-electron chi connectivity index (χ3n) is 1.63. The van der Waals surface area contributed by atoms with Crippen LogP contribution in [0, 0.1) is 0 Å². The molecule has 0 aliphatic rings. The Morgan fingerprint density at radius 1 is 1.29 bits per heavy atom. The minimum atomic E-state index is -4.25. The zero-order valence-electron chi connectivity index (χ0n) is 8.19. The van der Waals surface area contributed by atoms with Gasteiger partial charge >= 0.3 is 12.1 Å². The highest BCUT2D eigenvalue weighted by atomic mass is 19.4. The fraction of sp³-hybridized carbons (Fsp3) is 0.889. The van der Waals surface area contributed by atoms with E-state index in [0.29, 0.717) is 6.42 Å². The van der Waals surface area contributed by atoms with Crippen LogP contribution in [0.4, 0.5) is 13.2 Å². The van der Waals surface area contributed by atoms with Crippen LogP contribution in [0.15, 0.2) is 0 Å². The van der Waals surface area contributed by atoms with Gasteiger partial charge in [0.2, 0.25) is 0 Å². The Kier molecular flexibility index (Phi) is 6.32. The first-order chi connectivity index (χ1) is 6.45. The molecule has 2 nitrogen and oxygen atoms in total. The smallest absolute Gasteiger partial charge is 0.392 e. The van der Waals surface area contributed by atoms with E-state index in [1.54, 1.807) is 0 Å². The molecule has 0 aliphatic carbocycles. The summed E-state index contributed by atoms with van der Waals surface area (Å²) in [6, 6.07) is 0. The lowest BCUT2D eigenvalue weighted by Gasteiger charge is -2.06. The van der Waals surface area contributed by atoms with Crippen molar-refractivity contribution in [2.75, 3.05) is 6.61 Å². The molecule has 0 saturated heterocycles. The largest absolute Gasteiger partial charge is 0.465 e. The van der Waals surface area contributed by atoms with Crippen molar-refractivity contribution in [1.29, 1.82) is 0 Å². The fourth-order valence-electron chi connectivity index (χ4n) is 0.872. The molecule has 0 saturated carbocycles. The maximum absolute atomic E-state index is 11.6. The van der Waals surface area contributed by atoms with Crippen LogP contribution in [-0.2, 0) is 9.53 Å². The minimum absolute atomic E-state index is 0.214. The van der Waals surface area contributed by atoms with Crippen LogP contribution in [0.5, 0.6) is 0 Å². The Labute approximate surface area is 81.4 Å². The van der Waals surface area contributed by atoms with Crippen molar-refractivity contribution in [2.45, 2.75) is 45.2 Å². The summed E-state index contributed by atoms with van der Waals surface area (Å²) < 4.78 is 39.3. The third-order valence-corrected chi connectivity index (χ3v) is 1.63. The average molecular weight is 212 g/mol. The molecule has 5 heteroatoms. The van der Waals surface area contributed by atoms with E-state index in [-0.39, 0.29) is 6.42 Å². The number of hydrogen-bond acceptors (Lipinski definition) is 2. The lowest BCUT2D eigenvalue weighted by molar-refractivity contribution is -0.159. The highest BCUT2D eigenvalue weighted by Crippen LogP contribution is 2.19. The summed E-state index contributed by atoms with van der Waals surface area (Å²) in [5, 5.41) is 0. The summed E-state index contributed by atoms with van der Waals surface area (Å²) >= 11 is 0. The molecule has 0 spiro atoms. The molecule has 84 valence electrons. The lowest BCUT2D eigenvalue weighted by Crippen LogP contribution is -2.14. The van der Waals surface area contributed by atoms with Crippen molar-refractivity contribution in [3.63, 3.8) is 0 Å². The predicted octanol–water partition coefficient (Wildman–Crippen LogP) is 3.06. The Balaban J connectivity index is 3.36. The first kappa shape index (κ1) is 13.3. The molecule has 0 heterocycles. The molecule has 0 aromatic carbocycles. The Bertz CT molecular complexity index is 166. The number of hydrogen-bond donors (Lipinski definition) is 0. The number of carbonyl (C=O) groups is 1. The van der Waals surface area contributed by atoms with E-state index in [0.717, 1.165) is 12.8 Å². The molecular weight excluding hydrogens is 197 g/mol. The number of carbonyl (C=O) groups excluding carboxylic acids is 1. The van der Waals surface area contributed by atoms with Crippen molar-refractivity contribution in [3.05, 3.63) is 0 Å². The number of rotatable bonds is 6. The fourth-order valence-corrected chi connectivity index (χ4v) is 0.872. The van der Waals surface area contributed by atoms with Gasteiger partial charge in [-0.05, 0) is 6.42 Å². The van der Waals surface area contributed by atoms with Gasteiger partial charge in [-0.3, -0.25) is 4.79 Å². The lowest BCUT2D eigenvalue weighted by atomic mass is 10.2. The number of halogens is 3. The second-order valence-electron chi connectivity index (χ2n) is 3.04. The molecule has 0 unspecified atom stereocenters. The normalized spacial score (nSPS) is 11.4. The van der Waals surface area contributed by atoms with E-state index < -0.39 is 25.2 Å². The molecule has 0 aromatic rings. The van der Waals surface area contributed by atoms with Gasteiger partial charge in [0.25, 0.3) is 0 Å². The molecule has 0 amide bonds. The number of esters is 1.